The maximum atomic E-state index is 10.9. The second-order valence-corrected chi connectivity index (χ2v) is 9.24. The van der Waals surface area contributed by atoms with Crippen LogP contribution >= 0.6 is 0 Å². The summed E-state index contributed by atoms with van der Waals surface area (Å²) in [6, 6.07) is 0. The van der Waals surface area contributed by atoms with Crippen molar-refractivity contribution >= 4 is 0 Å². The number of hydrogen-bond acceptors (Lipinski definition) is 4. The predicted octanol–water partition coefficient (Wildman–Crippen LogP) is 1.62. The molecule has 4 nitrogen and oxygen atoms in total. The standard InChI is InChI=1S/C18H36N2O2/c1-17(2,3)14-10-20-9-12(16(14)22)8-18(4,5)13-6-7-19-11-15(13)21/h12-16,19-22H,6-11H2,1-5H3/t12?,13?,14?,15-,16+/m0/s1. The number of piperidine rings is 2. The Hall–Kier alpha value is -0.160. The minimum atomic E-state index is -0.268. The van der Waals surface area contributed by atoms with Gasteiger partial charge >= 0.3 is 0 Å². The highest BCUT2D eigenvalue weighted by atomic mass is 16.3. The lowest BCUT2D eigenvalue weighted by molar-refractivity contribution is -0.0549. The third-order valence-electron chi connectivity index (χ3n) is 6.02. The molecule has 2 aliphatic heterocycles. The van der Waals surface area contributed by atoms with Crippen molar-refractivity contribution in [3.05, 3.63) is 0 Å². The summed E-state index contributed by atoms with van der Waals surface area (Å²) in [4.78, 5) is 0. The molecule has 0 radical (unpaired) electrons. The zero-order valence-electron chi connectivity index (χ0n) is 15.0. The molecule has 0 aromatic heterocycles. The van der Waals surface area contributed by atoms with Crippen molar-refractivity contribution in [2.24, 2.45) is 28.6 Å². The van der Waals surface area contributed by atoms with Gasteiger partial charge in [-0.1, -0.05) is 34.6 Å². The fraction of sp³-hybridized carbons (Fsp3) is 1.00. The Morgan fingerprint density at radius 3 is 2.18 bits per heavy atom. The van der Waals surface area contributed by atoms with Crippen molar-refractivity contribution in [2.45, 2.75) is 59.7 Å². The Kier molecular flexibility index (Phi) is 5.59. The first-order valence-corrected chi connectivity index (χ1v) is 8.90. The SMILES string of the molecule is CC(C)(C)C1CNCC(CC(C)(C)C2CCNC[C@@H]2O)[C@H]1O. The molecule has 4 N–H and O–H groups in total. The first-order chi connectivity index (χ1) is 10.1. The quantitative estimate of drug-likeness (QED) is 0.639. The Labute approximate surface area is 136 Å². The van der Waals surface area contributed by atoms with Crippen LogP contribution in [0.1, 0.15) is 47.5 Å². The molecular weight excluding hydrogens is 276 g/mol. The average Bonchev–Trinajstić information content (AvgIpc) is 2.40. The van der Waals surface area contributed by atoms with Crippen LogP contribution in [0.15, 0.2) is 0 Å². The van der Waals surface area contributed by atoms with Crippen molar-refractivity contribution in [3.8, 4) is 0 Å². The van der Waals surface area contributed by atoms with Crippen molar-refractivity contribution in [2.75, 3.05) is 26.2 Å². The molecule has 2 heterocycles. The van der Waals surface area contributed by atoms with Crippen LogP contribution in [-0.2, 0) is 0 Å². The largest absolute Gasteiger partial charge is 0.392 e. The van der Waals surface area contributed by atoms with E-state index in [4.69, 9.17) is 0 Å². The first kappa shape index (κ1) is 18.2. The summed E-state index contributed by atoms with van der Waals surface area (Å²) >= 11 is 0. The van der Waals surface area contributed by atoms with Gasteiger partial charge in [-0.2, -0.15) is 0 Å². The second kappa shape index (κ2) is 6.76. The molecule has 2 aliphatic rings. The third kappa shape index (κ3) is 4.02. The van der Waals surface area contributed by atoms with Crippen LogP contribution in [-0.4, -0.2) is 48.6 Å². The number of β-amino-alcohol motifs (C(OH)–C–C–N with tert-alkyl or cyclic N) is 1. The molecule has 2 fully saturated rings. The summed E-state index contributed by atoms with van der Waals surface area (Å²) in [5.74, 6) is 0.881. The Balaban J connectivity index is 2.04. The Bertz CT molecular complexity index is 365. The smallest absolute Gasteiger partial charge is 0.0698 e. The first-order valence-electron chi connectivity index (χ1n) is 8.90. The molecule has 0 bridgehead atoms. The van der Waals surface area contributed by atoms with E-state index in [9.17, 15) is 10.2 Å². The molecule has 130 valence electrons. The van der Waals surface area contributed by atoms with Crippen molar-refractivity contribution in [1.82, 2.24) is 10.6 Å². The van der Waals surface area contributed by atoms with Crippen molar-refractivity contribution < 1.29 is 10.2 Å². The molecule has 5 atom stereocenters. The van der Waals surface area contributed by atoms with Gasteiger partial charge in [0.05, 0.1) is 12.2 Å². The van der Waals surface area contributed by atoms with E-state index in [1.54, 1.807) is 0 Å². The van der Waals surface area contributed by atoms with E-state index in [1.165, 1.54) is 0 Å². The van der Waals surface area contributed by atoms with Crippen molar-refractivity contribution in [3.63, 3.8) is 0 Å². The summed E-state index contributed by atoms with van der Waals surface area (Å²) in [6.45, 7) is 14.6. The van der Waals surface area contributed by atoms with Gasteiger partial charge in [0.2, 0.25) is 0 Å². The lowest BCUT2D eigenvalue weighted by Crippen LogP contribution is -2.54. The highest BCUT2D eigenvalue weighted by Gasteiger charge is 2.43. The van der Waals surface area contributed by atoms with Crippen LogP contribution in [0.2, 0.25) is 0 Å². The lowest BCUT2D eigenvalue weighted by atomic mass is 9.64. The highest BCUT2D eigenvalue weighted by molar-refractivity contribution is 4.95. The van der Waals surface area contributed by atoms with Crippen LogP contribution in [0.4, 0.5) is 0 Å². The van der Waals surface area contributed by atoms with Gasteiger partial charge in [-0.05, 0) is 42.1 Å². The highest BCUT2D eigenvalue weighted by Crippen LogP contribution is 2.42. The second-order valence-electron chi connectivity index (χ2n) is 9.24. The molecule has 0 aromatic carbocycles. The Morgan fingerprint density at radius 1 is 0.909 bits per heavy atom. The molecular formula is C18H36N2O2. The molecule has 3 unspecified atom stereocenters. The molecule has 2 saturated heterocycles. The number of aliphatic hydroxyl groups is 2. The number of aliphatic hydroxyl groups excluding tert-OH is 2. The maximum Gasteiger partial charge on any atom is 0.0698 e. The molecule has 0 amide bonds. The van der Waals surface area contributed by atoms with E-state index < -0.39 is 0 Å². The Morgan fingerprint density at radius 2 is 1.59 bits per heavy atom. The molecule has 22 heavy (non-hydrogen) atoms. The minimum Gasteiger partial charge on any atom is -0.392 e. The number of hydrogen-bond donors (Lipinski definition) is 4. The summed E-state index contributed by atoms with van der Waals surface area (Å²) in [7, 11) is 0. The van der Waals surface area contributed by atoms with Gasteiger partial charge in [0.15, 0.2) is 0 Å². The van der Waals surface area contributed by atoms with Gasteiger partial charge in [-0.3, -0.25) is 0 Å². The lowest BCUT2D eigenvalue weighted by Gasteiger charge is -2.47. The van der Waals surface area contributed by atoms with Gasteiger partial charge in [-0.15, -0.1) is 0 Å². The normalized spacial score (nSPS) is 38.0. The molecule has 0 spiro atoms. The van der Waals surface area contributed by atoms with E-state index in [0.717, 1.165) is 32.5 Å². The molecule has 2 rings (SSSR count). The molecule has 0 saturated carbocycles. The molecule has 4 heteroatoms. The van der Waals surface area contributed by atoms with Gasteiger partial charge in [0.1, 0.15) is 0 Å². The summed E-state index contributed by atoms with van der Waals surface area (Å²) < 4.78 is 0. The summed E-state index contributed by atoms with van der Waals surface area (Å²) in [5.41, 5.74) is 0.165. The van der Waals surface area contributed by atoms with E-state index in [1.807, 2.05) is 0 Å². The zero-order chi connectivity index (χ0) is 16.5. The van der Waals surface area contributed by atoms with Gasteiger partial charge in [-0.25, -0.2) is 0 Å². The van der Waals surface area contributed by atoms with Crippen LogP contribution < -0.4 is 10.6 Å². The van der Waals surface area contributed by atoms with Crippen LogP contribution in [0, 0.1) is 28.6 Å². The van der Waals surface area contributed by atoms with E-state index in [0.29, 0.717) is 18.4 Å². The molecule has 0 aromatic rings. The van der Waals surface area contributed by atoms with Gasteiger partial charge in [0.25, 0.3) is 0 Å². The summed E-state index contributed by atoms with van der Waals surface area (Å²) in [5, 5.41) is 28.0. The topological polar surface area (TPSA) is 64.5 Å². The molecule has 0 aliphatic carbocycles. The van der Waals surface area contributed by atoms with E-state index in [-0.39, 0.29) is 29.0 Å². The van der Waals surface area contributed by atoms with Crippen LogP contribution in [0.5, 0.6) is 0 Å². The van der Waals surface area contributed by atoms with Crippen molar-refractivity contribution in [1.29, 1.82) is 0 Å². The average molecular weight is 312 g/mol. The van der Waals surface area contributed by atoms with Crippen LogP contribution in [0.3, 0.4) is 0 Å². The fourth-order valence-electron chi connectivity index (χ4n) is 4.59. The van der Waals surface area contributed by atoms with Crippen LogP contribution in [0.25, 0.3) is 0 Å². The number of nitrogens with one attached hydrogen (secondary N) is 2. The minimum absolute atomic E-state index is 0.0502. The number of rotatable bonds is 3. The maximum absolute atomic E-state index is 10.9. The van der Waals surface area contributed by atoms with Gasteiger partial charge in [0, 0.05) is 25.6 Å². The van der Waals surface area contributed by atoms with E-state index in [2.05, 4.69) is 45.3 Å². The van der Waals surface area contributed by atoms with Gasteiger partial charge < -0.3 is 20.8 Å². The predicted molar refractivity (Wildman–Crippen MR) is 90.7 cm³/mol. The summed E-state index contributed by atoms with van der Waals surface area (Å²) in [6.07, 6.45) is 1.47. The monoisotopic (exact) mass is 312 g/mol. The zero-order valence-corrected chi connectivity index (χ0v) is 15.0. The third-order valence-corrected chi connectivity index (χ3v) is 6.02. The fourth-order valence-corrected chi connectivity index (χ4v) is 4.59. The van der Waals surface area contributed by atoms with E-state index >= 15 is 0 Å².